The summed E-state index contributed by atoms with van der Waals surface area (Å²) in [5, 5.41) is 0. The molecule has 0 heterocycles. The Morgan fingerprint density at radius 2 is 1.60 bits per heavy atom. The Labute approximate surface area is 179 Å². The average molecular weight is 411 g/mol. The van der Waals surface area contributed by atoms with Crippen LogP contribution in [0.3, 0.4) is 0 Å². The van der Waals surface area contributed by atoms with Crippen LogP contribution in [0.15, 0.2) is 36.4 Å². The van der Waals surface area contributed by atoms with Crippen LogP contribution in [0.5, 0.6) is 5.75 Å². The first-order valence-electron chi connectivity index (χ1n) is 11.3. The lowest BCUT2D eigenvalue weighted by molar-refractivity contribution is 0.288. The minimum Gasteiger partial charge on any atom is -0.490 e. The lowest BCUT2D eigenvalue weighted by Gasteiger charge is -2.28. The topological polar surface area (TPSA) is 9.23 Å². The van der Waals surface area contributed by atoms with Crippen molar-refractivity contribution in [3.63, 3.8) is 0 Å². The standard InChI is InChI=1S/C27H32F2O/c1-3-5-19-30-25-18-17-24(26(28)27(25)29)16-11-21-9-14-23(15-10-21)22-12-7-20(6-4-2)8-13-22/h9-10,14-15,17-18,20,22H,3-8,12-13,19H2,1-2H3. The third-order valence-corrected chi connectivity index (χ3v) is 6.07. The molecule has 3 heteroatoms. The van der Waals surface area contributed by atoms with E-state index in [1.807, 2.05) is 19.1 Å². The van der Waals surface area contributed by atoms with Gasteiger partial charge in [-0.15, -0.1) is 0 Å². The Kier molecular flexibility index (Phi) is 8.31. The second-order valence-corrected chi connectivity index (χ2v) is 8.32. The van der Waals surface area contributed by atoms with Gasteiger partial charge in [-0.2, -0.15) is 4.39 Å². The predicted octanol–water partition coefficient (Wildman–Crippen LogP) is 7.62. The van der Waals surface area contributed by atoms with Gasteiger partial charge in [-0.3, -0.25) is 0 Å². The van der Waals surface area contributed by atoms with Crippen LogP contribution in [-0.2, 0) is 0 Å². The summed E-state index contributed by atoms with van der Waals surface area (Å²) in [6.07, 6.45) is 9.53. The highest BCUT2D eigenvalue weighted by Gasteiger charge is 2.21. The van der Waals surface area contributed by atoms with Crippen LogP contribution in [0.1, 0.15) is 87.8 Å². The van der Waals surface area contributed by atoms with Gasteiger partial charge in [-0.25, -0.2) is 4.39 Å². The number of rotatable bonds is 7. The van der Waals surface area contributed by atoms with E-state index in [-0.39, 0.29) is 11.3 Å². The maximum atomic E-state index is 14.3. The molecule has 0 unspecified atom stereocenters. The van der Waals surface area contributed by atoms with E-state index < -0.39 is 11.6 Å². The van der Waals surface area contributed by atoms with Gasteiger partial charge in [0.25, 0.3) is 0 Å². The molecule has 0 amide bonds. The Balaban J connectivity index is 1.63. The lowest BCUT2D eigenvalue weighted by Crippen LogP contribution is -2.13. The fourth-order valence-corrected chi connectivity index (χ4v) is 4.24. The summed E-state index contributed by atoms with van der Waals surface area (Å²) in [4.78, 5) is 0. The second-order valence-electron chi connectivity index (χ2n) is 8.32. The van der Waals surface area contributed by atoms with E-state index in [4.69, 9.17) is 4.74 Å². The highest BCUT2D eigenvalue weighted by atomic mass is 19.2. The van der Waals surface area contributed by atoms with Gasteiger partial charge in [-0.05, 0) is 73.8 Å². The average Bonchev–Trinajstić information content (AvgIpc) is 2.77. The number of unbranched alkanes of at least 4 members (excludes halogenated alkanes) is 1. The molecule has 0 atom stereocenters. The van der Waals surface area contributed by atoms with Crippen molar-refractivity contribution in [1.29, 1.82) is 0 Å². The van der Waals surface area contributed by atoms with E-state index >= 15 is 0 Å². The molecule has 0 spiro atoms. The van der Waals surface area contributed by atoms with Crippen LogP contribution in [0.2, 0.25) is 0 Å². The molecule has 1 nitrogen and oxygen atoms in total. The molecule has 3 rings (SSSR count). The Bertz CT molecular complexity index is 868. The first-order chi connectivity index (χ1) is 14.6. The van der Waals surface area contributed by atoms with Crippen molar-refractivity contribution < 1.29 is 13.5 Å². The number of ether oxygens (including phenoxy) is 1. The first kappa shape index (κ1) is 22.3. The van der Waals surface area contributed by atoms with Crippen LogP contribution < -0.4 is 4.74 Å². The number of hydrogen-bond donors (Lipinski definition) is 0. The predicted molar refractivity (Wildman–Crippen MR) is 119 cm³/mol. The van der Waals surface area contributed by atoms with Gasteiger partial charge < -0.3 is 4.74 Å². The van der Waals surface area contributed by atoms with Crippen molar-refractivity contribution in [2.75, 3.05) is 6.61 Å². The zero-order chi connectivity index (χ0) is 21.3. The van der Waals surface area contributed by atoms with Crippen molar-refractivity contribution in [3.8, 4) is 17.6 Å². The van der Waals surface area contributed by atoms with Crippen molar-refractivity contribution in [2.45, 2.75) is 71.1 Å². The molecule has 30 heavy (non-hydrogen) atoms. The van der Waals surface area contributed by atoms with Crippen LogP contribution in [-0.4, -0.2) is 6.61 Å². The molecule has 2 aromatic rings. The molecule has 0 N–H and O–H groups in total. The smallest absolute Gasteiger partial charge is 0.201 e. The molecular weight excluding hydrogens is 378 g/mol. The van der Waals surface area contributed by atoms with Gasteiger partial charge in [0.2, 0.25) is 5.82 Å². The normalized spacial score (nSPS) is 18.5. The molecule has 2 aromatic carbocycles. The fraction of sp³-hybridized carbons (Fsp3) is 0.481. The maximum Gasteiger partial charge on any atom is 0.201 e. The maximum absolute atomic E-state index is 14.3. The van der Waals surface area contributed by atoms with Gasteiger partial charge in [0, 0.05) is 5.56 Å². The van der Waals surface area contributed by atoms with Gasteiger partial charge in [0.05, 0.1) is 12.2 Å². The number of benzene rings is 2. The van der Waals surface area contributed by atoms with Crippen molar-refractivity contribution in [3.05, 3.63) is 64.7 Å². The van der Waals surface area contributed by atoms with E-state index in [2.05, 4.69) is 30.9 Å². The molecule has 0 saturated heterocycles. The fourth-order valence-electron chi connectivity index (χ4n) is 4.24. The summed E-state index contributed by atoms with van der Waals surface area (Å²) in [7, 11) is 0. The molecule has 0 radical (unpaired) electrons. The lowest BCUT2D eigenvalue weighted by atomic mass is 9.77. The van der Waals surface area contributed by atoms with E-state index in [1.165, 1.54) is 56.2 Å². The summed E-state index contributed by atoms with van der Waals surface area (Å²) in [5.41, 5.74) is 2.22. The quantitative estimate of drug-likeness (QED) is 0.337. The Morgan fingerprint density at radius 3 is 2.27 bits per heavy atom. The van der Waals surface area contributed by atoms with Crippen LogP contribution in [0.25, 0.3) is 0 Å². The molecule has 1 saturated carbocycles. The summed E-state index contributed by atoms with van der Waals surface area (Å²) in [5.74, 6) is 5.29. The Morgan fingerprint density at radius 1 is 0.867 bits per heavy atom. The monoisotopic (exact) mass is 410 g/mol. The van der Waals surface area contributed by atoms with E-state index in [0.717, 1.165) is 24.3 Å². The van der Waals surface area contributed by atoms with Gasteiger partial charge in [0.1, 0.15) is 0 Å². The van der Waals surface area contributed by atoms with Gasteiger partial charge in [-0.1, -0.05) is 57.1 Å². The highest BCUT2D eigenvalue weighted by Crippen LogP contribution is 2.37. The third kappa shape index (κ3) is 5.85. The van der Waals surface area contributed by atoms with Crippen molar-refractivity contribution in [1.82, 2.24) is 0 Å². The van der Waals surface area contributed by atoms with Crippen LogP contribution in [0.4, 0.5) is 8.78 Å². The molecule has 0 aromatic heterocycles. The Hall–Kier alpha value is -2.34. The third-order valence-electron chi connectivity index (χ3n) is 6.07. The summed E-state index contributed by atoms with van der Waals surface area (Å²) in [6.45, 7) is 4.66. The van der Waals surface area contributed by atoms with Crippen molar-refractivity contribution >= 4 is 0 Å². The summed E-state index contributed by atoms with van der Waals surface area (Å²) >= 11 is 0. The molecule has 160 valence electrons. The molecular formula is C27H32F2O. The minimum absolute atomic E-state index is 0.0497. The summed E-state index contributed by atoms with van der Waals surface area (Å²) in [6, 6.07) is 11.2. The van der Waals surface area contributed by atoms with E-state index in [9.17, 15) is 8.78 Å². The largest absolute Gasteiger partial charge is 0.490 e. The zero-order valence-corrected chi connectivity index (χ0v) is 18.1. The second kappa shape index (κ2) is 11.2. The molecule has 1 aliphatic carbocycles. The summed E-state index contributed by atoms with van der Waals surface area (Å²) < 4.78 is 33.8. The van der Waals surface area contributed by atoms with Gasteiger partial charge in [0.15, 0.2) is 11.6 Å². The first-order valence-corrected chi connectivity index (χ1v) is 11.3. The molecule has 1 fully saturated rings. The van der Waals surface area contributed by atoms with E-state index in [0.29, 0.717) is 12.5 Å². The van der Waals surface area contributed by atoms with Crippen LogP contribution >= 0.6 is 0 Å². The number of halogens is 2. The minimum atomic E-state index is -0.966. The molecule has 0 aliphatic heterocycles. The zero-order valence-electron chi connectivity index (χ0n) is 18.1. The van der Waals surface area contributed by atoms with Gasteiger partial charge >= 0.3 is 0 Å². The SMILES string of the molecule is CCCCOc1ccc(C#Cc2ccc(C3CCC(CCC)CC3)cc2)c(F)c1F. The van der Waals surface area contributed by atoms with E-state index in [1.54, 1.807) is 0 Å². The van der Waals surface area contributed by atoms with Crippen molar-refractivity contribution in [2.24, 2.45) is 5.92 Å². The number of hydrogen-bond acceptors (Lipinski definition) is 1. The highest BCUT2D eigenvalue weighted by molar-refractivity contribution is 5.46. The van der Waals surface area contributed by atoms with Crippen LogP contribution in [0, 0.1) is 29.4 Å². The molecule has 0 bridgehead atoms. The molecule has 1 aliphatic rings.